The van der Waals surface area contributed by atoms with Crippen LogP contribution < -0.4 is 16.8 Å². The highest BCUT2D eigenvalue weighted by Crippen LogP contribution is 2.16. The lowest BCUT2D eigenvalue weighted by Gasteiger charge is -2.06. The van der Waals surface area contributed by atoms with Crippen molar-refractivity contribution in [1.82, 2.24) is 0 Å². The van der Waals surface area contributed by atoms with E-state index in [9.17, 15) is 4.79 Å². The van der Waals surface area contributed by atoms with Crippen LogP contribution in [-0.2, 0) is 0 Å². The van der Waals surface area contributed by atoms with Crippen LogP contribution in [0.3, 0.4) is 0 Å². The highest BCUT2D eigenvalue weighted by molar-refractivity contribution is 7.28. The first kappa shape index (κ1) is 8.81. The third-order valence-corrected chi connectivity index (χ3v) is 2.17. The van der Waals surface area contributed by atoms with Crippen molar-refractivity contribution in [2.24, 2.45) is 0 Å². The van der Waals surface area contributed by atoms with Crippen molar-refractivity contribution >= 4 is 31.9 Å². The first-order chi connectivity index (χ1) is 5.54. The van der Waals surface area contributed by atoms with Crippen LogP contribution in [0.2, 0.25) is 0 Å². The Morgan fingerprint density at radius 2 is 2.00 bits per heavy atom. The number of nitrogens with two attached hydrogens (primary N) is 2. The van der Waals surface area contributed by atoms with Gasteiger partial charge in [0.2, 0.25) is 0 Å². The maximum atomic E-state index is 10.6. The van der Waals surface area contributed by atoms with E-state index in [4.69, 9.17) is 16.6 Å². The maximum Gasteiger partial charge on any atom is 0.336 e. The molecule has 12 heavy (non-hydrogen) atoms. The highest BCUT2D eigenvalue weighted by atomic mass is 31.0. The lowest BCUT2D eigenvalue weighted by Crippen LogP contribution is -2.14. The van der Waals surface area contributed by atoms with E-state index >= 15 is 0 Å². The number of carbonyl (C=O) groups is 1. The van der Waals surface area contributed by atoms with Crippen LogP contribution in [-0.4, -0.2) is 11.1 Å². The molecule has 0 spiro atoms. The van der Waals surface area contributed by atoms with E-state index in [-0.39, 0.29) is 5.56 Å². The molecule has 0 bridgehead atoms. The predicted octanol–water partition coefficient (Wildman–Crippen LogP) is 0.0496. The fourth-order valence-electron chi connectivity index (χ4n) is 0.840. The molecule has 0 amide bonds. The first-order valence-electron chi connectivity index (χ1n) is 3.20. The molecular formula is C7H9N2O2P. The van der Waals surface area contributed by atoms with Crippen molar-refractivity contribution in [3.63, 3.8) is 0 Å². The Labute approximate surface area is 71.8 Å². The van der Waals surface area contributed by atoms with Gasteiger partial charge < -0.3 is 16.6 Å². The van der Waals surface area contributed by atoms with E-state index in [2.05, 4.69) is 9.24 Å². The minimum atomic E-state index is -1.01. The van der Waals surface area contributed by atoms with Crippen molar-refractivity contribution in [1.29, 1.82) is 0 Å². The summed E-state index contributed by atoms with van der Waals surface area (Å²) in [6, 6.07) is 2.91. The second-order valence-corrected chi connectivity index (χ2v) is 2.91. The molecule has 0 saturated heterocycles. The number of hydrogen-bond acceptors (Lipinski definition) is 3. The summed E-state index contributed by atoms with van der Waals surface area (Å²) in [5, 5.41) is 9.10. The molecule has 0 radical (unpaired) electrons. The normalized spacial score (nSPS) is 9.75. The Hall–Kier alpha value is -1.28. The zero-order chi connectivity index (χ0) is 9.30. The molecule has 0 aliphatic carbocycles. The SMILES string of the molecule is Nc1ccc(C(=O)O)c(P)c1N. The smallest absolute Gasteiger partial charge is 0.336 e. The van der Waals surface area contributed by atoms with Gasteiger partial charge in [-0.1, -0.05) is 0 Å². The summed E-state index contributed by atoms with van der Waals surface area (Å²) in [6.07, 6.45) is 0. The summed E-state index contributed by atoms with van der Waals surface area (Å²) in [5.41, 5.74) is 11.8. The van der Waals surface area contributed by atoms with E-state index in [1.54, 1.807) is 0 Å². The number of nitrogen functional groups attached to an aromatic ring is 2. The number of rotatable bonds is 1. The summed E-state index contributed by atoms with van der Waals surface area (Å²) < 4.78 is 0. The second-order valence-electron chi connectivity index (χ2n) is 2.33. The van der Waals surface area contributed by atoms with Gasteiger partial charge in [-0.2, -0.15) is 0 Å². The van der Waals surface area contributed by atoms with Crippen LogP contribution in [0.5, 0.6) is 0 Å². The topological polar surface area (TPSA) is 89.3 Å². The van der Waals surface area contributed by atoms with E-state index in [0.717, 1.165) is 0 Å². The van der Waals surface area contributed by atoms with Crippen molar-refractivity contribution < 1.29 is 9.90 Å². The number of benzene rings is 1. The zero-order valence-corrected chi connectivity index (χ0v) is 7.40. The molecule has 0 fully saturated rings. The fraction of sp³-hybridized carbons (Fsp3) is 0. The van der Waals surface area contributed by atoms with Gasteiger partial charge in [0, 0.05) is 5.30 Å². The van der Waals surface area contributed by atoms with Crippen LogP contribution in [0.1, 0.15) is 10.4 Å². The van der Waals surface area contributed by atoms with Crippen molar-refractivity contribution in [2.45, 2.75) is 0 Å². The van der Waals surface area contributed by atoms with E-state index in [1.807, 2.05) is 0 Å². The lowest BCUT2D eigenvalue weighted by atomic mass is 10.2. The molecule has 5 heteroatoms. The van der Waals surface area contributed by atoms with Crippen LogP contribution in [0.15, 0.2) is 12.1 Å². The minimum absolute atomic E-state index is 0.159. The Morgan fingerprint density at radius 3 is 2.50 bits per heavy atom. The molecule has 1 unspecified atom stereocenters. The standard InChI is InChI=1S/C7H9N2O2P/c8-4-2-1-3(7(10)11)6(12)5(4)9/h1-2H,8-9,12H2,(H,10,11). The lowest BCUT2D eigenvalue weighted by molar-refractivity contribution is 0.0698. The predicted molar refractivity (Wildman–Crippen MR) is 51.6 cm³/mol. The second kappa shape index (κ2) is 2.99. The molecule has 0 aliphatic rings. The monoisotopic (exact) mass is 184 g/mol. The van der Waals surface area contributed by atoms with Crippen LogP contribution in [0.25, 0.3) is 0 Å². The maximum absolute atomic E-state index is 10.6. The molecular weight excluding hydrogens is 175 g/mol. The Morgan fingerprint density at radius 1 is 1.42 bits per heavy atom. The van der Waals surface area contributed by atoms with Crippen LogP contribution in [0.4, 0.5) is 11.4 Å². The van der Waals surface area contributed by atoms with Gasteiger partial charge in [0.1, 0.15) is 0 Å². The first-order valence-corrected chi connectivity index (χ1v) is 3.78. The van der Waals surface area contributed by atoms with Crippen LogP contribution in [0, 0.1) is 0 Å². The van der Waals surface area contributed by atoms with Gasteiger partial charge in [-0.25, -0.2) is 4.79 Å². The van der Waals surface area contributed by atoms with Crippen molar-refractivity contribution in [2.75, 3.05) is 11.5 Å². The Balaban J connectivity index is 3.36. The quantitative estimate of drug-likeness (QED) is 0.425. The molecule has 0 heterocycles. The molecule has 1 aromatic carbocycles. The Bertz CT molecular complexity index is 338. The molecule has 0 aliphatic heterocycles. The Kier molecular flexibility index (Phi) is 2.20. The largest absolute Gasteiger partial charge is 0.478 e. The molecule has 1 aromatic rings. The number of aromatic carboxylic acids is 1. The molecule has 4 nitrogen and oxygen atoms in total. The fourth-order valence-corrected chi connectivity index (χ4v) is 1.23. The molecule has 0 aromatic heterocycles. The van der Waals surface area contributed by atoms with Gasteiger partial charge in [-0.3, -0.25) is 0 Å². The number of carboxylic acids is 1. The van der Waals surface area contributed by atoms with Gasteiger partial charge in [0.15, 0.2) is 0 Å². The van der Waals surface area contributed by atoms with Crippen molar-refractivity contribution in [3.8, 4) is 0 Å². The zero-order valence-electron chi connectivity index (χ0n) is 6.24. The number of carboxylic acid groups (broad SMARTS) is 1. The highest BCUT2D eigenvalue weighted by Gasteiger charge is 2.10. The van der Waals surface area contributed by atoms with Gasteiger partial charge in [-0.05, 0) is 12.1 Å². The van der Waals surface area contributed by atoms with E-state index in [0.29, 0.717) is 16.7 Å². The average molecular weight is 184 g/mol. The minimum Gasteiger partial charge on any atom is -0.478 e. The summed E-state index contributed by atoms with van der Waals surface area (Å²) in [5.74, 6) is -1.01. The van der Waals surface area contributed by atoms with Crippen LogP contribution >= 0.6 is 9.24 Å². The molecule has 0 saturated carbocycles. The van der Waals surface area contributed by atoms with Crippen molar-refractivity contribution in [3.05, 3.63) is 17.7 Å². The van der Waals surface area contributed by atoms with Gasteiger partial charge in [0.25, 0.3) is 0 Å². The van der Waals surface area contributed by atoms with Gasteiger partial charge in [-0.15, -0.1) is 9.24 Å². The molecule has 1 rings (SSSR count). The third kappa shape index (κ3) is 1.34. The van der Waals surface area contributed by atoms with Gasteiger partial charge in [0.05, 0.1) is 16.9 Å². The average Bonchev–Trinajstić information content (AvgIpc) is 2.00. The van der Waals surface area contributed by atoms with Gasteiger partial charge >= 0.3 is 5.97 Å². The molecule has 64 valence electrons. The molecule has 1 atom stereocenters. The third-order valence-electron chi connectivity index (χ3n) is 1.55. The summed E-state index contributed by atoms with van der Waals surface area (Å²) in [4.78, 5) is 10.6. The summed E-state index contributed by atoms with van der Waals surface area (Å²) >= 11 is 0. The van der Waals surface area contributed by atoms with E-state index in [1.165, 1.54) is 12.1 Å². The number of hydrogen-bond donors (Lipinski definition) is 3. The number of anilines is 2. The molecule has 5 N–H and O–H groups in total. The van der Waals surface area contributed by atoms with E-state index < -0.39 is 5.97 Å². The summed E-state index contributed by atoms with van der Waals surface area (Å²) in [7, 11) is 2.26. The summed E-state index contributed by atoms with van der Waals surface area (Å²) in [6.45, 7) is 0.